The lowest BCUT2D eigenvalue weighted by atomic mass is 10.2. The van der Waals surface area contributed by atoms with Gasteiger partial charge in [-0.25, -0.2) is 4.98 Å². The fraction of sp³-hybridized carbons (Fsp3) is 0.200. The van der Waals surface area contributed by atoms with Gasteiger partial charge >= 0.3 is 0 Å². The van der Waals surface area contributed by atoms with Crippen LogP contribution in [0.15, 0.2) is 24.7 Å². The van der Waals surface area contributed by atoms with E-state index in [2.05, 4.69) is 21.0 Å². The van der Waals surface area contributed by atoms with Crippen molar-refractivity contribution in [2.45, 2.75) is 13.8 Å². The van der Waals surface area contributed by atoms with Crippen LogP contribution in [0.3, 0.4) is 0 Å². The maximum absolute atomic E-state index is 4.33. The van der Waals surface area contributed by atoms with E-state index < -0.39 is 0 Å². The minimum Gasteiger partial charge on any atom is -0.344 e. The van der Waals surface area contributed by atoms with Crippen LogP contribution in [0, 0.1) is 13.8 Å². The van der Waals surface area contributed by atoms with Crippen LogP contribution in [0.2, 0.25) is 0 Å². The van der Waals surface area contributed by atoms with Crippen molar-refractivity contribution >= 4 is 0 Å². The van der Waals surface area contributed by atoms with Crippen LogP contribution in [0.25, 0.3) is 11.4 Å². The first-order chi connectivity index (χ1) is 6.25. The summed E-state index contributed by atoms with van der Waals surface area (Å²) in [7, 11) is 0. The van der Waals surface area contributed by atoms with Gasteiger partial charge in [0, 0.05) is 24.2 Å². The highest BCUT2D eigenvalue weighted by atomic mass is 14.9. The van der Waals surface area contributed by atoms with Crippen LogP contribution in [0.4, 0.5) is 0 Å². The lowest BCUT2D eigenvalue weighted by Gasteiger charge is -1.96. The summed E-state index contributed by atoms with van der Waals surface area (Å²) in [6.07, 6.45) is 5.53. The van der Waals surface area contributed by atoms with Crippen molar-refractivity contribution in [1.29, 1.82) is 0 Å². The SMILES string of the molecule is Cc1cncc(-c2nc(C)c[nH]2)c1. The van der Waals surface area contributed by atoms with Crippen LogP contribution in [-0.2, 0) is 0 Å². The first kappa shape index (κ1) is 7.98. The van der Waals surface area contributed by atoms with Gasteiger partial charge in [-0.05, 0) is 25.5 Å². The molecule has 0 aliphatic carbocycles. The lowest BCUT2D eigenvalue weighted by Crippen LogP contribution is -1.84. The van der Waals surface area contributed by atoms with Crippen molar-refractivity contribution in [3.63, 3.8) is 0 Å². The topological polar surface area (TPSA) is 41.6 Å². The average Bonchev–Trinajstić information content (AvgIpc) is 2.52. The van der Waals surface area contributed by atoms with Gasteiger partial charge in [0.05, 0.1) is 5.69 Å². The van der Waals surface area contributed by atoms with Gasteiger partial charge in [-0.15, -0.1) is 0 Å². The molecule has 0 amide bonds. The summed E-state index contributed by atoms with van der Waals surface area (Å²) in [5.74, 6) is 0.883. The van der Waals surface area contributed by atoms with Crippen molar-refractivity contribution in [2.24, 2.45) is 0 Å². The zero-order chi connectivity index (χ0) is 9.26. The Balaban J connectivity index is 2.46. The molecular weight excluding hydrogens is 162 g/mol. The molecule has 3 nitrogen and oxygen atoms in total. The van der Waals surface area contributed by atoms with Crippen LogP contribution < -0.4 is 0 Å². The summed E-state index contributed by atoms with van der Waals surface area (Å²) in [4.78, 5) is 11.5. The zero-order valence-corrected chi connectivity index (χ0v) is 7.70. The minimum atomic E-state index is 0.883. The van der Waals surface area contributed by atoms with Crippen molar-refractivity contribution < 1.29 is 0 Å². The van der Waals surface area contributed by atoms with Crippen molar-refractivity contribution in [3.8, 4) is 11.4 Å². The average molecular weight is 173 g/mol. The highest BCUT2D eigenvalue weighted by Crippen LogP contribution is 2.14. The van der Waals surface area contributed by atoms with Gasteiger partial charge in [-0.1, -0.05) is 0 Å². The molecule has 66 valence electrons. The Hall–Kier alpha value is -1.64. The monoisotopic (exact) mass is 173 g/mol. The van der Waals surface area contributed by atoms with Gasteiger partial charge in [0.15, 0.2) is 0 Å². The number of pyridine rings is 1. The molecule has 0 atom stereocenters. The van der Waals surface area contributed by atoms with Crippen LogP contribution >= 0.6 is 0 Å². The number of H-pyrrole nitrogens is 1. The second kappa shape index (κ2) is 3.01. The zero-order valence-electron chi connectivity index (χ0n) is 7.70. The molecular formula is C10H11N3. The molecule has 0 radical (unpaired) electrons. The first-order valence-corrected chi connectivity index (χ1v) is 4.20. The van der Waals surface area contributed by atoms with Gasteiger partial charge in [0.2, 0.25) is 0 Å². The highest BCUT2D eigenvalue weighted by Gasteiger charge is 2.01. The van der Waals surface area contributed by atoms with E-state index >= 15 is 0 Å². The van der Waals surface area contributed by atoms with E-state index in [1.807, 2.05) is 32.4 Å². The molecule has 2 heterocycles. The maximum Gasteiger partial charge on any atom is 0.139 e. The third-order valence-corrected chi connectivity index (χ3v) is 1.85. The van der Waals surface area contributed by atoms with Gasteiger partial charge < -0.3 is 4.98 Å². The normalized spacial score (nSPS) is 10.3. The number of rotatable bonds is 1. The van der Waals surface area contributed by atoms with E-state index in [0.717, 1.165) is 22.6 Å². The summed E-state index contributed by atoms with van der Waals surface area (Å²) in [6, 6.07) is 2.06. The van der Waals surface area contributed by atoms with E-state index in [0.29, 0.717) is 0 Å². The molecule has 0 aliphatic heterocycles. The number of imidazole rings is 1. The molecule has 0 spiro atoms. The molecule has 2 rings (SSSR count). The van der Waals surface area contributed by atoms with Gasteiger partial charge in [-0.2, -0.15) is 0 Å². The van der Waals surface area contributed by atoms with E-state index in [9.17, 15) is 0 Å². The molecule has 3 heteroatoms. The van der Waals surface area contributed by atoms with Crippen molar-refractivity contribution in [2.75, 3.05) is 0 Å². The molecule has 0 aromatic carbocycles. The Morgan fingerprint density at radius 3 is 2.69 bits per heavy atom. The summed E-state index contributed by atoms with van der Waals surface area (Å²) in [5, 5.41) is 0. The molecule has 13 heavy (non-hydrogen) atoms. The number of aromatic nitrogens is 3. The summed E-state index contributed by atoms with van der Waals surface area (Å²) in [5.41, 5.74) is 3.18. The number of nitrogens with one attached hydrogen (secondary N) is 1. The summed E-state index contributed by atoms with van der Waals surface area (Å²) in [6.45, 7) is 3.98. The molecule has 1 N–H and O–H groups in total. The van der Waals surface area contributed by atoms with Crippen molar-refractivity contribution in [3.05, 3.63) is 35.9 Å². The fourth-order valence-corrected chi connectivity index (χ4v) is 1.25. The molecule has 0 saturated carbocycles. The number of hydrogen-bond donors (Lipinski definition) is 1. The molecule has 2 aromatic rings. The number of aryl methyl sites for hydroxylation is 2. The standard InChI is InChI=1S/C10H11N3/c1-7-3-9(6-11-4-7)10-12-5-8(2)13-10/h3-6H,1-2H3,(H,12,13). The molecule has 0 unspecified atom stereocenters. The number of aromatic amines is 1. The Kier molecular flexibility index (Phi) is 1.85. The first-order valence-electron chi connectivity index (χ1n) is 4.20. The second-order valence-electron chi connectivity index (χ2n) is 3.14. The van der Waals surface area contributed by atoms with Crippen LogP contribution in [-0.4, -0.2) is 15.0 Å². The molecule has 2 aromatic heterocycles. The minimum absolute atomic E-state index is 0.883. The largest absolute Gasteiger partial charge is 0.344 e. The number of hydrogen-bond acceptors (Lipinski definition) is 2. The maximum atomic E-state index is 4.33. The number of nitrogens with zero attached hydrogens (tertiary/aromatic N) is 2. The second-order valence-corrected chi connectivity index (χ2v) is 3.14. The van der Waals surface area contributed by atoms with E-state index in [-0.39, 0.29) is 0 Å². The van der Waals surface area contributed by atoms with E-state index in [4.69, 9.17) is 0 Å². The Morgan fingerprint density at radius 1 is 1.23 bits per heavy atom. The van der Waals surface area contributed by atoms with E-state index in [1.165, 1.54) is 0 Å². The van der Waals surface area contributed by atoms with Crippen LogP contribution in [0.1, 0.15) is 11.3 Å². The van der Waals surface area contributed by atoms with Crippen molar-refractivity contribution in [1.82, 2.24) is 15.0 Å². The fourth-order valence-electron chi connectivity index (χ4n) is 1.25. The summed E-state index contributed by atoms with van der Waals surface area (Å²) < 4.78 is 0. The van der Waals surface area contributed by atoms with Gasteiger partial charge in [0.1, 0.15) is 5.82 Å². The third kappa shape index (κ3) is 1.59. The smallest absolute Gasteiger partial charge is 0.139 e. The molecule has 0 aliphatic rings. The molecule has 0 bridgehead atoms. The predicted octanol–water partition coefficient (Wildman–Crippen LogP) is 2.09. The lowest BCUT2D eigenvalue weighted by molar-refractivity contribution is 1.21. The van der Waals surface area contributed by atoms with E-state index in [1.54, 1.807) is 0 Å². The molecule has 0 saturated heterocycles. The van der Waals surface area contributed by atoms with Gasteiger partial charge in [0.25, 0.3) is 0 Å². The Bertz CT molecular complexity index is 418. The third-order valence-electron chi connectivity index (χ3n) is 1.85. The van der Waals surface area contributed by atoms with Crippen LogP contribution in [0.5, 0.6) is 0 Å². The summed E-state index contributed by atoms with van der Waals surface area (Å²) >= 11 is 0. The Labute approximate surface area is 76.9 Å². The quantitative estimate of drug-likeness (QED) is 0.717. The predicted molar refractivity (Wildman–Crippen MR) is 51.3 cm³/mol. The highest BCUT2D eigenvalue weighted by molar-refractivity contribution is 5.54. The Morgan fingerprint density at radius 2 is 2.08 bits per heavy atom. The van der Waals surface area contributed by atoms with Gasteiger partial charge in [-0.3, -0.25) is 4.98 Å². The molecule has 0 fully saturated rings.